The van der Waals surface area contributed by atoms with Crippen molar-refractivity contribution in [2.24, 2.45) is 0 Å². The molecule has 0 bridgehead atoms. The van der Waals surface area contributed by atoms with E-state index in [1.54, 1.807) is 48.7 Å². The maximum atomic E-state index is 12.2. The van der Waals surface area contributed by atoms with Crippen molar-refractivity contribution in [3.8, 4) is 17.4 Å². The molecule has 0 unspecified atom stereocenters. The van der Waals surface area contributed by atoms with Crippen LogP contribution in [0.15, 0.2) is 66.9 Å². The molecule has 30 heavy (non-hydrogen) atoms. The standard InChI is InChI=1S/C22H21N3O5/c1-2-29-18-7-9-19(10-8-18)30-22-13-16(11-12-23-22)15-24-21(26)14-17-5-3-4-6-20(17)25(27)28/h3-13H,2,14-15H2,1H3,(H,24,26). The Bertz CT molecular complexity index is 1020. The summed E-state index contributed by atoms with van der Waals surface area (Å²) in [5.74, 6) is 1.45. The summed E-state index contributed by atoms with van der Waals surface area (Å²) in [5, 5.41) is 13.8. The fourth-order valence-electron chi connectivity index (χ4n) is 2.78. The maximum Gasteiger partial charge on any atom is 0.273 e. The highest BCUT2D eigenvalue weighted by Crippen LogP contribution is 2.23. The minimum atomic E-state index is -0.490. The van der Waals surface area contributed by atoms with Gasteiger partial charge in [-0.1, -0.05) is 18.2 Å². The number of benzene rings is 2. The summed E-state index contributed by atoms with van der Waals surface area (Å²) in [6.45, 7) is 2.76. The van der Waals surface area contributed by atoms with E-state index in [9.17, 15) is 14.9 Å². The Morgan fingerprint density at radius 1 is 1.10 bits per heavy atom. The van der Waals surface area contributed by atoms with Gasteiger partial charge in [-0.2, -0.15) is 0 Å². The molecule has 8 heteroatoms. The van der Waals surface area contributed by atoms with Crippen LogP contribution in [0.5, 0.6) is 17.4 Å². The van der Waals surface area contributed by atoms with Gasteiger partial charge in [0.2, 0.25) is 11.8 Å². The van der Waals surface area contributed by atoms with Gasteiger partial charge in [-0.05, 0) is 42.8 Å². The molecule has 0 fully saturated rings. The largest absolute Gasteiger partial charge is 0.494 e. The summed E-state index contributed by atoms with van der Waals surface area (Å²) < 4.78 is 11.1. The number of nitro groups is 1. The number of nitro benzene ring substituents is 1. The van der Waals surface area contributed by atoms with Gasteiger partial charge in [-0.3, -0.25) is 14.9 Å². The minimum absolute atomic E-state index is 0.0670. The van der Waals surface area contributed by atoms with Crippen LogP contribution in [0.25, 0.3) is 0 Å². The van der Waals surface area contributed by atoms with Gasteiger partial charge < -0.3 is 14.8 Å². The Morgan fingerprint density at radius 2 is 1.83 bits per heavy atom. The van der Waals surface area contributed by atoms with Crippen molar-refractivity contribution in [1.29, 1.82) is 0 Å². The number of nitrogens with zero attached hydrogens (tertiary/aromatic N) is 2. The van der Waals surface area contributed by atoms with E-state index in [1.165, 1.54) is 6.07 Å². The Morgan fingerprint density at radius 3 is 2.57 bits per heavy atom. The van der Waals surface area contributed by atoms with Gasteiger partial charge in [-0.15, -0.1) is 0 Å². The molecular formula is C22H21N3O5. The van der Waals surface area contributed by atoms with Crippen molar-refractivity contribution >= 4 is 11.6 Å². The normalized spacial score (nSPS) is 10.3. The molecule has 0 aliphatic heterocycles. The fourth-order valence-corrected chi connectivity index (χ4v) is 2.78. The number of pyridine rings is 1. The molecule has 154 valence electrons. The molecule has 0 radical (unpaired) electrons. The quantitative estimate of drug-likeness (QED) is 0.424. The van der Waals surface area contributed by atoms with E-state index in [2.05, 4.69) is 10.3 Å². The molecule has 0 atom stereocenters. The third-order valence-corrected chi connectivity index (χ3v) is 4.19. The van der Waals surface area contributed by atoms with Crippen LogP contribution in [-0.2, 0) is 17.8 Å². The van der Waals surface area contributed by atoms with E-state index in [1.807, 2.05) is 19.1 Å². The number of nitrogens with one attached hydrogen (secondary N) is 1. The van der Waals surface area contributed by atoms with Crippen molar-refractivity contribution in [2.45, 2.75) is 19.9 Å². The highest BCUT2D eigenvalue weighted by molar-refractivity contribution is 5.79. The number of aromatic nitrogens is 1. The van der Waals surface area contributed by atoms with E-state index >= 15 is 0 Å². The molecule has 8 nitrogen and oxygen atoms in total. The van der Waals surface area contributed by atoms with Crippen LogP contribution in [-0.4, -0.2) is 22.4 Å². The predicted molar refractivity (Wildman–Crippen MR) is 111 cm³/mol. The molecule has 3 aromatic rings. The predicted octanol–water partition coefficient (Wildman–Crippen LogP) is 4.04. The first-order valence-corrected chi connectivity index (χ1v) is 9.40. The summed E-state index contributed by atoms with van der Waals surface area (Å²) in [5.41, 5.74) is 1.10. The van der Waals surface area contributed by atoms with E-state index in [-0.39, 0.29) is 24.6 Å². The summed E-state index contributed by atoms with van der Waals surface area (Å²) in [6, 6.07) is 16.9. The first-order chi connectivity index (χ1) is 14.5. The van der Waals surface area contributed by atoms with E-state index < -0.39 is 4.92 Å². The first kappa shape index (κ1) is 20.8. The van der Waals surface area contributed by atoms with Crippen LogP contribution < -0.4 is 14.8 Å². The SMILES string of the molecule is CCOc1ccc(Oc2cc(CNC(=O)Cc3ccccc3[N+](=O)[O-])ccn2)cc1. The highest BCUT2D eigenvalue weighted by atomic mass is 16.6. The van der Waals surface area contributed by atoms with Gasteiger partial charge in [0.25, 0.3) is 5.69 Å². The average Bonchev–Trinajstić information content (AvgIpc) is 2.74. The van der Waals surface area contributed by atoms with Crippen molar-refractivity contribution in [3.05, 3.63) is 88.1 Å². The molecule has 1 N–H and O–H groups in total. The second-order valence-electron chi connectivity index (χ2n) is 6.35. The molecule has 0 saturated carbocycles. The number of amides is 1. The Labute approximate surface area is 173 Å². The molecule has 1 aromatic heterocycles. The van der Waals surface area contributed by atoms with Gasteiger partial charge in [0, 0.05) is 30.4 Å². The third-order valence-electron chi connectivity index (χ3n) is 4.19. The van der Waals surface area contributed by atoms with E-state index in [0.717, 1.165) is 11.3 Å². The molecule has 1 amide bonds. The van der Waals surface area contributed by atoms with Crippen LogP contribution in [0.1, 0.15) is 18.1 Å². The molecular weight excluding hydrogens is 386 g/mol. The third kappa shape index (κ3) is 5.78. The smallest absolute Gasteiger partial charge is 0.273 e. The molecule has 0 saturated heterocycles. The fraction of sp³-hybridized carbons (Fsp3) is 0.182. The van der Waals surface area contributed by atoms with Gasteiger partial charge in [-0.25, -0.2) is 4.98 Å². The first-order valence-electron chi connectivity index (χ1n) is 9.40. The van der Waals surface area contributed by atoms with Gasteiger partial charge in [0.1, 0.15) is 11.5 Å². The lowest BCUT2D eigenvalue weighted by Gasteiger charge is -2.09. The number of rotatable bonds is 9. The van der Waals surface area contributed by atoms with Gasteiger partial charge in [0.05, 0.1) is 18.0 Å². The van der Waals surface area contributed by atoms with Crippen LogP contribution in [0.4, 0.5) is 5.69 Å². The molecule has 2 aromatic carbocycles. The van der Waals surface area contributed by atoms with Crippen molar-refractivity contribution < 1.29 is 19.2 Å². The van der Waals surface area contributed by atoms with Gasteiger partial charge >= 0.3 is 0 Å². The van der Waals surface area contributed by atoms with Crippen molar-refractivity contribution in [2.75, 3.05) is 6.61 Å². The second-order valence-corrected chi connectivity index (χ2v) is 6.35. The number of para-hydroxylation sites is 1. The zero-order chi connectivity index (χ0) is 21.3. The van der Waals surface area contributed by atoms with Crippen LogP contribution >= 0.6 is 0 Å². The Balaban J connectivity index is 1.57. The van der Waals surface area contributed by atoms with Crippen LogP contribution in [0.2, 0.25) is 0 Å². The molecule has 3 rings (SSSR count). The van der Waals surface area contributed by atoms with Crippen molar-refractivity contribution in [3.63, 3.8) is 0 Å². The highest BCUT2D eigenvalue weighted by Gasteiger charge is 2.15. The number of ether oxygens (including phenoxy) is 2. The molecule has 0 spiro atoms. The van der Waals surface area contributed by atoms with E-state index in [4.69, 9.17) is 9.47 Å². The molecule has 0 aliphatic carbocycles. The Kier molecular flexibility index (Phi) is 6.94. The number of carbonyl (C=O) groups is 1. The van der Waals surface area contributed by atoms with Gasteiger partial charge in [0.15, 0.2) is 0 Å². The summed E-state index contributed by atoms with van der Waals surface area (Å²) in [7, 11) is 0. The zero-order valence-electron chi connectivity index (χ0n) is 16.4. The Hall–Kier alpha value is -3.94. The summed E-state index contributed by atoms with van der Waals surface area (Å²) >= 11 is 0. The van der Waals surface area contributed by atoms with Crippen LogP contribution in [0.3, 0.4) is 0 Å². The zero-order valence-corrected chi connectivity index (χ0v) is 16.4. The van der Waals surface area contributed by atoms with Crippen molar-refractivity contribution in [1.82, 2.24) is 10.3 Å². The topological polar surface area (TPSA) is 104 Å². The van der Waals surface area contributed by atoms with E-state index in [0.29, 0.717) is 23.8 Å². The number of carbonyl (C=O) groups excluding carboxylic acids is 1. The summed E-state index contributed by atoms with van der Waals surface area (Å²) in [6.07, 6.45) is 1.52. The molecule has 0 aliphatic rings. The summed E-state index contributed by atoms with van der Waals surface area (Å²) in [4.78, 5) is 27.0. The monoisotopic (exact) mass is 407 g/mol. The number of hydrogen-bond acceptors (Lipinski definition) is 6. The average molecular weight is 407 g/mol. The van der Waals surface area contributed by atoms with Crippen LogP contribution in [0, 0.1) is 10.1 Å². The lowest BCUT2D eigenvalue weighted by molar-refractivity contribution is -0.385. The lowest BCUT2D eigenvalue weighted by atomic mass is 10.1. The maximum absolute atomic E-state index is 12.2. The minimum Gasteiger partial charge on any atom is -0.494 e. The number of hydrogen-bond donors (Lipinski definition) is 1. The lowest BCUT2D eigenvalue weighted by Crippen LogP contribution is -2.24. The second kappa shape index (κ2) is 10.0. The molecule has 1 heterocycles.